The molecule has 63 heavy (non-hydrogen) atoms. The summed E-state index contributed by atoms with van der Waals surface area (Å²) in [7, 11) is 0. The second kappa shape index (κ2) is 13.5. The highest BCUT2D eigenvalue weighted by atomic mass is 32.2. The zero-order valence-corrected chi connectivity index (χ0v) is 41.2. The lowest BCUT2D eigenvalue weighted by Gasteiger charge is -2.46. The van der Waals surface area contributed by atoms with Gasteiger partial charge in [-0.3, -0.25) is 9.56 Å². The number of hydrogen-bond donors (Lipinski definition) is 0. The first kappa shape index (κ1) is 41.9. The third-order valence-corrected chi connectivity index (χ3v) is 17.1. The van der Waals surface area contributed by atoms with Crippen molar-refractivity contribution in [3.63, 3.8) is 0 Å². The van der Waals surface area contributed by atoms with E-state index in [1.165, 1.54) is 83.1 Å². The Balaban J connectivity index is 1.17. The minimum atomic E-state index is -0.302. The van der Waals surface area contributed by atoms with Crippen LogP contribution in [0.5, 0.6) is 11.5 Å². The lowest BCUT2D eigenvalue weighted by atomic mass is 9.68. The zero-order valence-electron chi connectivity index (χ0n) is 40.4. The number of aromatic nitrogens is 2. The van der Waals surface area contributed by atoms with E-state index < -0.39 is 0 Å². The summed E-state index contributed by atoms with van der Waals surface area (Å²) in [6.45, 7) is 36.8. The smallest absolute Gasteiger partial charge is 0.141 e. The maximum Gasteiger partial charge on any atom is 0.141 e. The summed E-state index contributed by atoms with van der Waals surface area (Å²) in [5.74, 6) is 2.65. The van der Waals surface area contributed by atoms with Crippen molar-refractivity contribution in [1.82, 2.24) is 9.55 Å². The predicted octanol–water partition coefficient (Wildman–Crippen LogP) is 15.5. The van der Waals surface area contributed by atoms with Gasteiger partial charge in [0.25, 0.3) is 0 Å². The second-order valence-electron chi connectivity index (χ2n) is 22.3. The molecule has 0 radical (unpaired) electrons. The Labute approximate surface area is 379 Å². The number of nitrogens with zero attached hydrogens (tertiary/aromatic N) is 3. The van der Waals surface area contributed by atoms with Crippen LogP contribution in [0.3, 0.4) is 0 Å². The van der Waals surface area contributed by atoms with Gasteiger partial charge < -0.3 is 4.74 Å². The molecule has 2 aromatic heterocycles. The summed E-state index contributed by atoms with van der Waals surface area (Å²) < 4.78 is 9.44. The van der Waals surface area contributed by atoms with Gasteiger partial charge >= 0.3 is 0 Å². The highest BCUT2D eigenvalue weighted by molar-refractivity contribution is 8.15. The minimum Gasteiger partial charge on any atom is -0.457 e. The van der Waals surface area contributed by atoms with E-state index >= 15 is 0 Å². The quantitative estimate of drug-likeness (QED) is 0.177. The predicted molar refractivity (Wildman–Crippen MR) is 268 cm³/mol. The first-order chi connectivity index (χ1) is 29.4. The van der Waals surface area contributed by atoms with Crippen LogP contribution in [0.25, 0.3) is 38.8 Å². The Kier molecular flexibility index (Phi) is 8.94. The molecule has 0 bridgehead atoms. The summed E-state index contributed by atoms with van der Waals surface area (Å²) in [4.78, 5) is 11.0. The maximum absolute atomic E-state index is 7.25. The highest BCUT2D eigenvalue weighted by Gasteiger charge is 2.65. The maximum atomic E-state index is 7.25. The molecule has 0 saturated carbocycles. The summed E-state index contributed by atoms with van der Waals surface area (Å²) in [6, 6.07) is 28.2. The van der Waals surface area contributed by atoms with Gasteiger partial charge in [0.1, 0.15) is 17.3 Å². The van der Waals surface area contributed by atoms with E-state index in [1.807, 2.05) is 18.0 Å². The molecule has 0 amide bonds. The van der Waals surface area contributed by atoms with E-state index in [9.17, 15) is 0 Å². The largest absolute Gasteiger partial charge is 0.457 e. The van der Waals surface area contributed by atoms with Crippen LogP contribution in [-0.2, 0) is 22.0 Å². The summed E-state index contributed by atoms with van der Waals surface area (Å²) in [5, 5.41) is 3.58. The summed E-state index contributed by atoms with van der Waals surface area (Å²) in [5.41, 5.74) is 20.9. The van der Waals surface area contributed by atoms with Crippen molar-refractivity contribution in [2.24, 2.45) is 10.4 Å². The fraction of sp³-hybridized carbons (Fsp3) is 0.379. The Morgan fingerprint density at radius 3 is 2.00 bits per heavy atom. The number of hydrogen-bond acceptors (Lipinski definition) is 4. The molecular weight excluding hydrogens is 787 g/mol. The molecule has 5 aromatic carbocycles. The molecule has 5 heteroatoms. The van der Waals surface area contributed by atoms with Gasteiger partial charge in [0.15, 0.2) is 0 Å². The number of fused-ring (bicyclic) bond motifs is 8. The lowest BCUT2D eigenvalue weighted by molar-refractivity contribution is 0.203. The zero-order chi connectivity index (χ0) is 45.1. The van der Waals surface area contributed by atoms with Gasteiger partial charge in [-0.05, 0) is 176 Å². The topological polar surface area (TPSA) is 39.4 Å². The number of ether oxygens (including phenoxy) is 1. The van der Waals surface area contributed by atoms with E-state index in [1.54, 1.807) is 0 Å². The van der Waals surface area contributed by atoms with Gasteiger partial charge in [-0.25, -0.2) is 4.98 Å². The van der Waals surface area contributed by atoms with Crippen molar-refractivity contribution in [3.05, 3.63) is 151 Å². The number of benzene rings is 5. The van der Waals surface area contributed by atoms with Crippen LogP contribution in [0.15, 0.2) is 84.0 Å². The Morgan fingerprint density at radius 2 is 1.32 bits per heavy atom. The van der Waals surface area contributed by atoms with Crippen molar-refractivity contribution >= 4 is 38.6 Å². The lowest BCUT2D eigenvalue weighted by Crippen LogP contribution is -2.49. The van der Waals surface area contributed by atoms with Crippen LogP contribution in [0.4, 0.5) is 0 Å². The molecule has 4 heterocycles. The molecular formula is C58H63N3OS. The van der Waals surface area contributed by atoms with Crippen molar-refractivity contribution in [1.29, 1.82) is 0 Å². The van der Waals surface area contributed by atoms with Gasteiger partial charge in [-0.1, -0.05) is 103 Å². The number of rotatable bonds is 4. The highest BCUT2D eigenvalue weighted by Crippen LogP contribution is 2.68. The van der Waals surface area contributed by atoms with Crippen molar-refractivity contribution in [2.45, 2.75) is 138 Å². The normalized spacial score (nSPS) is 20.0. The van der Waals surface area contributed by atoms with Gasteiger partial charge in [0.2, 0.25) is 0 Å². The number of aryl methyl sites for hydroxylation is 7. The van der Waals surface area contributed by atoms with Gasteiger partial charge in [-0.2, -0.15) is 0 Å². The van der Waals surface area contributed by atoms with E-state index in [2.05, 4.69) is 188 Å². The third-order valence-electron chi connectivity index (χ3n) is 15.0. The fourth-order valence-electron chi connectivity index (χ4n) is 11.9. The molecule has 0 N–H and O–H groups in total. The molecule has 2 aliphatic heterocycles. The van der Waals surface area contributed by atoms with Gasteiger partial charge in [-0.15, -0.1) is 0 Å². The molecule has 7 aromatic rings. The Bertz CT molecular complexity index is 3160. The van der Waals surface area contributed by atoms with Crippen LogP contribution >= 0.6 is 11.8 Å². The van der Waals surface area contributed by atoms with Gasteiger partial charge in [0, 0.05) is 39.6 Å². The van der Waals surface area contributed by atoms with Crippen LogP contribution in [0, 0.1) is 53.9 Å². The van der Waals surface area contributed by atoms with E-state index in [-0.39, 0.29) is 26.5 Å². The van der Waals surface area contributed by atoms with E-state index in [0.29, 0.717) is 0 Å². The number of thioether (sulfide) groups is 1. The van der Waals surface area contributed by atoms with Crippen molar-refractivity contribution < 1.29 is 4.74 Å². The fourth-order valence-corrected chi connectivity index (χ4v) is 13.6. The number of pyridine rings is 1. The molecule has 1 aliphatic carbocycles. The monoisotopic (exact) mass is 849 g/mol. The standard InChI is InChI=1S/C58H63N3OS/c1-31-17-36(6)50(37(7)18-31)38-23-39(53-60-57(16)29-40-20-33(3)34(4)22-45(40)58(57,63-53)55(11,12)13)25-42(24-38)62-49-28-48-43(21-35(49)5)44-26-41(54(8,9)10)27-46-51(44)61(48)52-47(56(46,14)15)19-32(2)30-59-52/h17-28,30H,29H2,1-16H3/t57-,58-/m1/s1. The molecule has 0 spiro atoms. The average molecular weight is 850 g/mol. The number of aliphatic imine (C=N–C) groups is 1. The van der Waals surface area contributed by atoms with E-state index in [4.69, 9.17) is 14.7 Å². The van der Waals surface area contributed by atoms with Crippen molar-refractivity contribution in [3.8, 4) is 28.4 Å². The molecule has 0 fully saturated rings. The minimum absolute atomic E-state index is 0.0127. The molecule has 10 rings (SSSR count). The van der Waals surface area contributed by atoms with Crippen LogP contribution in [0.1, 0.15) is 135 Å². The molecule has 0 unspecified atom stereocenters. The van der Waals surface area contributed by atoms with Crippen LogP contribution in [-0.4, -0.2) is 20.1 Å². The Hall–Kier alpha value is -5.13. The van der Waals surface area contributed by atoms with Crippen LogP contribution < -0.4 is 4.74 Å². The third kappa shape index (κ3) is 6.00. The first-order valence-corrected chi connectivity index (χ1v) is 23.7. The van der Waals surface area contributed by atoms with Crippen LogP contribution in [0.2, 0.25) is 0 Å². The summed E-state index contributed by atoms with van der Waals surface area (Å²) in [6.07, 6.45) is 2.94. The SMILES string of the molecule is Cc1cc(C)c(-c2cc(Oc3cc4c(cc3C)c3cc(C(C)(C)C)cc5c3n4-c3ncc(C)cc3C5(C)C)cc(C3=N[C@]4(C)Cc5cc(C)c(C)cc5[C@]4(C(C)(C)C)S3)c2)c(C)c1. The summed E-state index contributed by atoms with van der Waals surface area (Å²) >= 11 is 1.98. The second-order valence-corrected chi connectivity index (χ2v) is 23.5. The van der Waals surface area contributed by atoms with Gasteiger partial charge in [0.05, 0.1) is 26.4 Å². The van der Waals surface area contributed by atoms with E-state index in [0.717, 1.165) is 51.0 Å². The Morgan fingerprint density at radius 1 is 0.635 bits per heavy atom. The average Bonchev–Trinajstić information content (AvgIpc) is 3.75. The first-order valence-electron chi connectivity index (χ1n) is 22.8. The molecule has 3 aliphatic rings. The molecule has 0 saturated heterocycles. The van der Waals surface area contributed by atoms with Crippen molar-refractivity contribution in [2.75, 3.05) is 0 Å². The molecule has 322 valence electrons. The molecule has 2 atom stereocenters. The molecule has 4 nitrogen and oxygen atoms in total.